The highest BCUT2D eigenvalue weighted by atomic mass is 32.2. The summed E-state index contributed by atoms with van der Waals surface area (Å²) < 4.78 is 28.7. The molecule has 0 spiro atoms. The maximum atomic E-state index is 13.0. The van der Waals surface area contributed by atoms with E-state index in [1.165, 1.54) is 27.2 Å². The van der Waals surface area contributed by atoms with E-state index in [1.807, 2.05) is 37.3 Å². The van der Waals surface area contributed by atoms with Gasteiger partial charge in [0.15, 0.2) is 0 Å². The maximum absolute atomic E-state index is 13.0. The van der Waals surface area contributed by atoms with E-state index in [1.54, 1.807) is 4.90 Å². The van der Waals surface area contributed by atoms with E-state index in [0.29, 0.717) is 19.6 Å². The number of carbonyl (C=O) groups excluding carboxylic acids is 1. The van der Waals surface area contributed by atoms with Crippen molar-refractivity contribution in [2.24, 2.45) is 0 Å². The molecule has 1 saturated heterocycles. The number of amides is 1. The Morgan fingerprint density at radius 3 is 2.28 bits per heavy atom. The minimum Gasteiger partial charge on any atom is -0.311 e. The number of nitrogens with zero attached hydrogens (tertiary/aromatic N) is 3. The van der Waals surface area contributed by atoms with Gasteiger partial charge < -0.3 is 9.47 Å². The summed E-state index contributed by atoms with van der Waals surface area (Å²) in [6, 6.07) is 11.7. The summed E-state index contributed by atoms with van der Waals surface area (Å²) in [4.78, 5) is 26.7. The van der Waals surface area contributed by atoms with Crippen LogP contribution in [0.3, 0.4) is 0 Å². The molecule has 1 aliphatic heterocycles. The van der Waals surface area contributed by atoms with Gasteiger partial charge in [0.2, 0.25) is 15.9 Å². The maximum Gasteiger partial charge on any atom is 0.251 e. The van der Waals surface area contributed by atoms with Crippen LogP contribution < -0.4 is 10.5 Å². The molecular weight excluding hydrogens is 390 g/mol. The Morgan fingerprint density at radius 2 is 1.66 bits per heavy atom. The standard InChI is InChI=1S/C21H27N3O4S/c1-2-24(18-10-6-5-7-11-18)21(26)17-22-16-19(12-13-20(22)25)29(27,28)23-14-8-3-4-9-15-23/h5-7,10-13,16H,2-4,8-9,14-15,17H2,1H3. The molecule has 1 aromatic carbocycles. The van der Waals surface area contributed by atoms with Crippen molar-refractivity contribution in [1.82, 2.24) is 8.87 Å². The lowest BCUT2D eigenvalue weighted by molar-refractivity contribution is -0.119. The number of pyridine rings is 1. The quantitative estimate of drug-likeness (QED) is 0.723. The molecule has 0 radical (unpaired) electrons. The zero-order valence-corrected chi connectivity index (χ0v) is 17.5. The Balaban J connectivity index is 1.85. The van der Waals surface area contributed by atoms with Crippen LogP contribution in [-0.2, 0) is 21.4 Å². The Labute approximate surface area is 171 Å². The van der Waals surface area contributed by atoms with Gasteiger partial charge in [-0.25, -0.2) is 8.42 Å². The monoisotopic (exact) mass is 417 g/mol. The number of hydrogen-bond acceptors (Lipinski definition) is 4. The van der Waals surface area contributed by atoms with Gasteiger partial charge in [0.25, 0.3) is 5.56 Å². The van der Waals surface area contributed by atoms with Gasteiger partial charge in [-0.1, -0.05) is 31.0 Å². The molecule has 3 rings (SSSR count). The molecular formula is C21H27N3O4S. The Bertz CT molecular complexity index is 994. The highest BCUT2D eigenvalue weighted by molar-refractivity contribution is 7.89. The van der Waals surface area contributed by atoms with E-state index >= 15 is 0 Å². The van der Waals surface area contributed by atoms with Crippen LogP contribution in [0.15, 0.2) is 58.4 Å². The van der Waals surface area contributed by atoms with E-state index in [2.05, 4.69) is 0 Å². The lowest BCUT2D eigenvalue weighted by atomic mass is 10.2. The van der Waals surface area contributed by atoms with Crippen molar-refractivity contribution in [3.8, 4) is 0 Å². The van der Waals surface area contributed by atoms with Crippen LogP contribution in [-0.4, -0.2) is 42.8 Å². The average molecular weight is 418 g/mol. The van der Waals surface area contributed by atoms with Gasteiger partial charge in [-0.15, -0.1) is 0 Å². The number of likely N-dealkylation sites (N-methyl/N-ethyl adjacent to an activating group) is 1. The summed E-state index contributed by atoms with van der Waals surface area (Å²) in [5.41, 5.74) is 0.332. The van der Waals surface area contributed by atoms with Crippen molar-refractivity contribution < 1.29 is 13.2 Å². The molecule has 0 atom stereocenters. The second kappa shape index (κ2) is 9.37. The van der Waals surface area contributed by atoms with E-state index in [4.69, 9.17) is 0 Å². The number of sulfonamides is 1. The molecule has 1 aromatic heterocycles. The minimum atomic E-state index is -3.69. The molecule has 0 N–H and O–H groups in total. The third-order valence-electron chi connectivity index (χ3n) is 5.15. The molecule has 1 amide bonds. The number of aromatic nitrogens is 1. The molecule has 156 valence electrons. The normalized spacial score (nSPS) is 15.6. The summed E-state index contributed by atoms with van der Waals surface area (Å²) in [6.45, 7) is 3.05. The van der Waals surface area contributed by atoms with Crippen molar-refractivity contribution >= 4 is 21.6 Å². The molecule has 0 aliphatic carbocycles. The Hall–Kier alpha value is -2.45. The molecule has 29 heavy (non-hydrogen) atoms. The van der Waals surface area contributed by atoms with Gasteiger partial charge in [0, 0.05) is 37.6 Å². The van der Waals surface area contributed by atoms with Crippen LogP contribution in [0.2, 0.25) is 0 Å². The van der Waals surface area contributed by atoms with Crippen molar-refractivity contribution in [3.05, 3.63) is 59.0 Å². The zero-order valence-electron chi connectivity index (χ0n) is 16.7. The highest BCUT2D eigenvalue weighted by Gasteiger charge is 2.26. The van der Waals surface area contributed by atoms with Crippen molar-refractivity contribution in [2.75, 3.05) is 24.5 Å². The van der Waals surface area contributed by atoms with Crippen molar-refractivity contribution in [3.63, 3.8) is 0 Å². The smallest absolute Gasteiger partial charge is 0.251 e. The lowest BCUT2D eigenvalue weighted by Gasteiger charge is -2.22. The SMILES string of the molecule is CCN(C(=O)Cn1cc(S(=O)(=O)N2CCCCCC2)ccc1=O)c1ccccc1. The summed E-state index contributed by atoms with van der Waals surface area (Å²) in [6.07, 6.45) is 5.00. The first-order valence-corrected chi connectivity index (χ1v) is 11.4. The lowest BCUT2D eigenvalue weighted by Crippen LogP contribution is -2.37. The van der Waals surface area contributed by atoms with E-state index in [-0.39, 0.29) is 17.3 Å². The molecule has 7 nitrogen and oxygen atoms in total. The topological polar surface area (TPSA) is 79.7 Å². The van der Waals surface area contributed by atoms with Crippen LogP contribution in [0.1, 0.15) is 32.6 Å². The fourth-order valence-electron chi connectivity index (χ4n) is 3.56. The van der Waals surface area contributed by atoms with Gasteiger partial charge in [-0.3, -0.25) is 9.59 Å². The van der Waals surface area contributed by atoms with Gasteiger partial charge in [0.1, 0.15) is 6.54 Å². The number of carbonyl (C=O) groups is 1. The number of benzene rings is 1. The van der Waals surface area contributed by atoms with E-state index in [9.17, 15) is 18.0 Å². The molecule has 2 aromatic rings. The van der Waals surface area contributed by atoms with Crippen LogP contribution in [0.25, 0.3) is 0 Å². The van der Waals surface area contributed by atoms with Crippen LogP contribution >= 0.6 is 0 Å². The number of rotatable bonds is 6. The van der Waals surface area contributed by atoms with Gasteiger partial charge in [-0.05, 0) is 38.0 Å². The minimum absolute atomic E-state index is 0.0505. The Morgan fingerprint density at radius 1 is 1.00 bits per heavy atom. The third-order valence-corrected chi connectivity index (χ3v) is 7.03. The molecule has 0 bridgehead atoms. The average Bonchev–Trinajstić information content (AvgIpc) is 3.01. The van der Waals surface area contributed by atoms with Crippen LogP contribution in [0.5, 0.6) is 0 Å². The van der Waals surface area contributed by atoms with Crippen LogP contribution in [0.4, 0.5) is 5.69 Å². The second-order valence-corrected chi connectivity index (χ2v) is 9.06. The largest absolute Gasteiger partial charge is 0.311 e. The molecule has 0 unspecified atom stereocenters. The van der Waals surface area contributed by atoms with Crippen molar-refractivity contribution in [1.29, 1.82) is 0 Å². The van der Waals surface area contributed by atoms with E-state index < -0.39 is 15.6 Å². The molecule has 0 saturated carbocycles. The number of hydrogen-bond donors (Lipinski definition) is 0. The molecule has 1 fully saturated rings. The van der Waals surface area contributed by atoms with Crippen LogP contribution in [0, 0.1) is 0 Å². The fourth-order valence-corrected chi connectivity index (χ4v) is 5.10. The number of anilines is 1. The van der Waals surface area contributed by atoms with E-state index in [0.717, 1.165) is 31.4 Å². The number of para-hydroxylation sites is 1. The summed E-state index contributed by atoms with van der Waals surface area (Å²) in [7, 11) is -3.69. The molecule has 8 heteroatoms. The second-order valence-electron chi connectivity index (χ2n) is 7.12. The van der Waals surface area contributed by atoms with Crippen molar-refractivity contribution in [2.45, 2.75) is 44.0 Å². The molecule has 2 heterocycles. The first-order valence-electron chi connectivity index (χ1n) is 9.99. The summed E-state index contributed by atoms with van der Waals surface area (Å²) in [5.74, 6) is -0.273. The predicted octanol–water partition coefficient (Wildman–Crippen LogP) is 2.47. The Kier molecular flexibility index (Phi) is 6.87. The zero-order chi connectivity index (χ0) is 20.9. The fraction of sp³-hybridized carbons (Fsp3) is 0.429. The van der Waals surface area contributed by atoms with Gasteiger partial charge in [-0.2, -0.15) is 4.31 Å². The first kappa shape index (κ1) is 21.3. The van der Waals surface area contributed by atoms with Gasteiger partial charge in [0.05, 0.1) is 4.90 Å². The summed E-state index contributed by atoms with van der Waals surface area (Å²) >= 11 is 0. The first-order chi connectivity index (χ1) is 13.9. The predicted molar refractivity (Wildman–Crippen MR) is 112 cm³/mol. The summed E-state index contributed by atoms with van der Waals surface area (Å²) in [5, 5.41) is 0. The molecule has 1 aliphatic rings. The van der Waals surface area contributed by atoms with Gasteiger partial charge >= 0.3 is 0 Å². The highest BCUT2D eigenvalue weighted by Crippen LogP contribution is 2.20. The third kappa shape index (κ3) is 4.94.